The molecule has 0 spiro atoms. The number of rotatable bonds is 9. The van der Waals surface area contributed by atoms with Crippen LogP contribution in [0.1, 0.15) is 33.6 Å². The van der Waals surface area contributed by atoms with E-state index in [1.165, 1.54) is 0 Å². The third-order valence-corrected chi connectivity index (χ3v) is 4.60. The number of unbranched alkanes of at least 4 members (excludes halogenated alkanes) is 1. The number of hydroxylamine groups is 1. The number of carbonyl (C=O) groups is 2. The van der Waals surface area contributed by atoms with E-state index >= 15 is 0 Å². The van der Waals surface area contributed by atoms with Crippen LogP contribution in [0.2, 0.25) is 0 Å². The summed E-state index contributed by atoms with van der Waals surface area (Å²) < 4.78 is 5.71. The molecule has 0 aromatic heterocycles. The van der Waals surface area contributed by atoms with Crippen LogP contribution in [-0.4, -0.2) is 30.2 Å². The first-order valence-corrected chi connectivity index (χ1v) is 9.78. The third-order valence-electron chi connectivity index (χ3n) is 4.60. The summed E-state index contributed by atoms with van der Waals surface area (Å²) in [7, 11) is 0. The first-order chi connectivity index (χ1) is 14.7. The highest BCUT2D eigenvalue weighted by molar-refractivity contribution is 6.06. The van der Waals surface area contributed by atoms with Gasteiger partial charge in [-0.05, 0) is 61.4 Å². The Morgan fingerprint density at radius 1 is 0.800 bits per heavy atom. The van der Waals surface area contributed by atoms with Crippen molar-refractivity contribution in [2.75, 3.05) is 18.1 Å². The van der Waals surface area contributed by atoms with Crippen molar-refractivity contribution in [1.82, 2.24) is 5.48 Å². The van der Waals surface area contributed by atoms with E-state index in [-0.39, 0.29) is 5.91 Å². The zero-order valence-corrected chi connectivity index (χ0v) is 16.5. The van der Waals surface area contributed by atoms with Crippen LogP contribution in [0.4, 0.5) is 5.69 Å². The lowest BCUT2D eigenvalue weighted by molar-refractivity contribution is 0.0706. The van der Waals surface area contributed by atoms with Crippen LogP contribution in [0.25, 0.3) is 0 Å². The van der Waals surface area contributed by atoms with Crippen molar-refractivity contribution in [2.45, 2.75) is 12.8 Å². The Hall–Kier alpha value is -3.64. The molecular weight excluding hydrogens is 380 g/mol. The molecule has 0 aliphatic rings. The second-order valence-corrected chi connectivity index (χ2v) is 6.68. The highest BCUT2D eigenvalue weighted by Crippen LogP contribution is 2.18. The molecule has 154 valence electrons. The fourth-order valence-corrected chi connectivity index (χ4v) is 3.02. The largest absolute Gasteiger partial charge is 0.494 e. The molecule has 3 aromatic carbocycles. The predicted octanol–water partition coefficient (Wildman–Crippen LogP) is 4.31. The topological polar surface area (TPSA) is 78.9 Å². The summed E-state index contributed by atoms with van der Waals surface area (Å²) in [6.07, 6.45) is 1.54. The molecule has 0 aliphatic heterocycles. The van der Waals surface area contributed by atoms with E-state index in [1.54, 1.807) is 34.6 Å². The van der Waals surface area contributed by atoms with Gasteiger partial charge in [0.1, 0.15) is 5.75 Å². The molecule has 30 heavy (non-hydrogen) atoms. The minimum absolute atomic E-state index is 0.0273. The average molecular weight is 404 g/mol. The molecule has 0 heterocycles. The Labute approximate surface area is 175 Å². The second kappa shape index (κ2) is 10.8. The smallest absolute Gasteiger partial charge is 0.274 e. The number of nitrogens with one attached hydrogen (secondary N) is 1. The maximum Gasteiger partial charge on any atom is 0.274 e. The molecule has 0 saturated heterocycles. The number of benzene rings is 3. The summed E-state index contributed by atoms with van der Waals surface area (Å²) in [5.41, 5.74) is 3.47. The zero-order chi connectivity index (χ0) is 21.2. The van der Waals surface area contributed by atoms with Crippen molar-refractivity contribution >= 4 is 17.5 Å². The SMILES string of the molecule is O=C(NO)c1ccc(OCCCCN(C(=O)c2ccccc2)c2ccccc2)cc1. The Bertz CT molecular complexity index is 944. The van der Waals surface area contributed by atoms with Crippen LogP contribution in [-0.2, 0) is 0 Å². The molecule has 2 amide bonds. The number of nitrogens with zero attached hydrogens (tertiary/aromatic N) is 1. The van der Waals surface area contributed by atoms with Gasteiger partial charge in [0.2, 0.25) is 0 Å². The van der Waals surface area contributed by atoms with Crippen molar-refractivity contribution in [3.63, 3.8) is 0 Å². The van der Waals surface area contributed by atoms with E-state index in [1.807, 2.05) is 60.7 Å². The lowest BCUT2D eigenvalue weighted by Gasteiger charge is -2.23. The van der Waals surface area contributed by atoms with Gasteiger partial charge in [-0.3, -0.25) is 14.8 Å². The standard InChI is InChI=1S/C24H24N2O4/c27-23(25-29)19-13-15-22(16-14-19)30-18-8-7-17-26(21-11-5-2-6-12-21)24(28)20-9-3-1-4-10-20/h1-6,9-16,29H,7-8,17-18H2,(H,25,27). The van der Waals surface area contributed by atoms with E-state index in [0.29, 0.717) is 30.0 Å². The molecule has 0 bridgehead atoms. The van der Waals surface area contributed by atoms with Gasteiger partial charge in [-0.15, -0.1) is 0 Å². The number of amides is 2. The molecule has 3 rings (SSSR count). The minimum atomic E-state index is -0.564. The Morgan fingerprint density at radius 2 is 1.43 bits per heavy atom. The summed E-state index contributed by atoms with van der Waals surface area (Å²) in [4.78, 5) is 26.1. The van der Waals surface area contributed by atoms with Crippen LogP contribution < -0.4 is 15.1 Å². The summed E-state index contributed by atoms with van der Waals surface area (Å²) in [6, 6.07) is 25.4. The van der Waals surface area contributed by atoms with Gasteiger partial charge in [0.15, 0.2) is 0 Å². The van der Waals surface area contributed by atoms with Crippen molar-refractivity contribution in [3.05, 3.63) is 96.1 Å². The van der Waals surface area contributed by atoms with Crippen LogP contribution in [0, 0.1) is 0 Å². The molecule has 0 unspecified atom stereocenters. The van der Waals surface area contributed by atoms with E-state index in [0.717, 1.165) is 18.5 Å². The van der Waals surface area contributed by atoms with Gasteiger partial charge < -0.3 is 9.64 Å². The monoisotopic (exact) mass is 404 g/mol. The van der Waals surface area contributed by atoms with Gasteiger partial charge in [-0.2, -0.15) is 0 Å². The first-order valence-electron chi connectivity index (χ1n) is 9.78. The Morgan fingerprint density at radius 3 is 2.07 bits per heavy atom. The molecule has 2 N–H and O–H groups in total. The van der Waals surface area contributed by atoms with Crippen molar-refractivity contribution in [3.8, 4) is 5.75 Å². The fourth-order valence-electron chi connectivity index (χ4n) is 3.02. The number of hydrogen-bond acceptors (Lipinski definition) is 4. The molecular formula is C24H24N2O4. The normalized spacial score (nSPS) is 10.3. The maximum atomic E-state index is 13.0. The van der Waals surface area contributed by atoms with Gasteiger partial charge in [0.25, 0.3) is 11.8 Å². The lowest BCUT2D eigenvalue weighted by atomic mass is 10.1. The molecule has 0 atom stereocenters. The highest BCUT2D eigenvalue weighted by Gasteiger charge is 2.16. The number of carbonyl (C=O) groups excluding carboxylic acids is 2. The van der Waals surface area contributed by atoms with Crippen molar-refractivity contribution < 1.29 is 19.5 Å². The van der Waals surface area contributed by atoms with E-state index in [2.05, 4.69) is 0 Å². The van der Waals surface area contributed by atoms with Gasteiger partial charge in [-0.1, -0.05) is 36.4 Å². The van der Waals surface area contributed by atoms with Crippen LogP contribution >= 0.6 is 0 Å². The summed E-state index contributed by atoms with van der Waals surface area (Å²) >= 11 is 0. The Balaban J connectivity index is 1.53. The quantitative estimate of drug-likeness (QED) is 0.316. The third kappa shape index (κ3) is 5.68. The van der Waals surface area contributed by atoms with Crippen molar-refractivity contribution in [2.24, 2.45) is 0 Å². The summed E-state index contributed by atoms with van der Waals surface area (Å²) in [5.74, 6) is 0.0517. The van der Waals surface area contributed by atoms with Crippen LogP contribution in [0.15, 0.2) is 84.9 Å². The van der Waals surface area contributed by atoms with Gasteiger partial charge in [0.05, 0.1) is 6.61 Å². The summed E-state index contributed by atoms with van der Waals surface area (Å²) in [5, 5.41) is 8.64. The van der Waals surface area contributed by atoms with Gasteiger partial charge in [-0.25, -0.2) is 5.48 Å². The Kier molecular flexibility index (Phi) is 7.58. The van der Waals surface area contributed by atoms with Crippen LogP contribution in [0.5, 0.6) is 5.75 Å². The lowest BCUT2D eigenvalue weighted by Crippen LogP contribution is -2.32. The van der Waals surface area contributed by atoms with Gasteiger partial charge in [0, 0.05) is 23.4 Å². The number of anilines is 1. The number of hydrogen-bond donors (Lipinski definition) is 2. The molecule has 0 aliphatic carbocycles. The summed E-state index contributed by atoms with van der Waals surface area (Å²) in [6.45, 7) is 1.07. The maximum absolute atomic E-state index is 13.0. The molecule has 6 nitrogen and oxygen atoms in total. The minimum Gasteiger partial charge on any atom is -0.494 e. The van der Waals surface area contributed by atoms with Crippen LogP contribution in [0.3, 0.4) is 0 Å². The molecule has 0 fully saturated rings. The van der Waals surface area contributed by atoms with Gasteiger partial charge >= 0.3 is 0 Å². The zero-order valence-electron chi connectivity index (χ0n) is 16.5. The highest BCUT2D eigenvalue weighted by atomic mass is 16.5. The van der Waals surface area contributed by atoms with E-state index in [9.17, 15) is 9.59 Å². The average Bonchev–Trinajstić information content (AvgIpc) is 2.82. The fraction of sp³-hybridized carbons (Fsp3) is 0.167. The predicted molar refractivity (Wildman–Crippen MR) is 115 cm³/mol. The second-order valence-electron chi connectivity index (χ2n) is 6.68. The van der Waals surface area contributed by atoms with E-state index < -0.39 is 5.91 Å². The molecule has 0 saturated carbocycles. The number of ether oxygens (including phenoxy) is 1. The first kappa shape index (κ1) is 21.1. The molecule has 0 radical (unpaired) electrons. The van der Waals surface area contributed by atoms with E-state index in [4.69, 9.17) is 9.94 Å². The van der Waals surface area contributed by atoms with Crippen molar-refractivity contribution in [1.29, 1.82) is 0 Å². The number of para-hydroxylation sites is 1. The molecule has 6 heteroatoms. The molecule has 3 aromatic rings.